The van der Waals surface area contributed by atoms with Crippen molar-refractivity contribution in [2.45, 2.75) is 29.7 Å². The van der Waals surface area contributed by atoms with Crippen LogP contribution in [0, 0.1) is 0 Å². The van der Waals surface area contributed by atoms with Crippen LogP contribution < -0.4 is 5.73 Å². The summed E-state index contributed by atoms with van der Waals surface area (Å²) >= 11 is 7.03. The second-order valence-electron chi connectivity index (χ2n) is 3.92. The smallest absolute Gasteiger partial charge is 0.111 e. The fraction of sp³-hybridized carbons (Fsp3) is 0.308. The van der Waals surface area contributed by atoms with Gasteiger partial charge in [-0.25, -0.2) is 4.98 Å². The molecule has 96 valence electrons. The fourth-order valence-electron chi connectivity index (χ4n) is 1.60. The van der Waals surface area contributed by atoms with Gasteiger partial charge in [0, 0.05) is 21.6 Å². The fourth-order valence-corrected chi connectivity index (χ4v) is 4.33. The normalized spacial score (nSPS) is 14.4. The van der Waals surface area contributed by atoms with Gasteiger partial charge in [-0.15, -0.1) is 11.3 Å². The number of pyridine rings is 1. The Labute approximate surface area is 124 Å². The molecule has 0 radical (unpaired) electrons. The lowest BCUT2D eigenvalue weighted by atomic mass is 10.1. The number of rotatable bonds is 5. The number of thioether (sulfide) groups is 1. The maximum atomic E-state index is 6.25. The van der Waals surface area contributed by atoms with Crippen molar-refractivity contribution < 1.29 is 0 Å². The number of nitrogens with zero attached hydrogens (tertiary/aromatic N) is 1. The van der Waals surface area contributed by atoms with Crippen molar-refractivity contribution in [1.82, 2.24) is 4.98 Å². The summed E-state index contributed by atoms with van der Waals surface area (Å²) in [6.45, 7) is 2.12. The second-order valence-corrected chi connectivity index (χ2v) is 6.88. The average molecular weight is 343 g/mol. The summed E-state index contributed by atoms with van der Waals surface area (Å²) in [6.07, 6.45) is 2.77. The van der Waals surface area contributed by atoms with E-state index in [2.05, 4.69) is 45.4 Å². The van der Waals surface area contributed by atoms with Crippen molar-refractivity contribution in [2.24, 2.45) is 5.73 Å². The van der Waals surface area contributed by atoms with E-state index in [0.29, 0.717) is 0 Å². The molecule has 2 N–H and O–H groups in total. The SMILES string of the molecule is CCC(N)C(Sc1ncccc1Br)c1cccs1. The Bertz CT molecular complexity index is 487. The zero-order valence-electron chi connectivity index (χ0n) is 10.0. The van der Waals surface area contributed by atoms with Gasteiger partial charge in [-0.2, -0.15) is 0 Å². The largest absolute Gasteiger partial charge is 0.326 e. The van der Waals surface area contributed by atoms with Crippen LogP contribution in [0.2, 0.25) is 0 Å². The van der Waals surface area contributed by atoms with Crippen LogP contribution >= 0.6 is 39.0 Å². The molecule has 0 aromatic carbocycles. The molecule has 0 fully saturated rings. The molecule has 2 aromatic heterocycles. The van der Waals surface area contributed by atoms with Gasteiger partial charge in [0.15, 0.2) is 0 Å². The zero-order chi connectivity index (χ0) is 13.0. The Morgan fingerprint density at radius 2 is 2.28 bits per heavy atom. The van der Waals surface area contributed by atoms with Crippen LogP contribution in [0.4, 0.5) is 0 Å². The van der Waals surface area contributed by atoms with Crippen LogP contribution in [-0.4, -0.2) is 11.0 Å². The van der Waals surface area contributed by atoms with Crippen molar-refractivity contribution in [3.63, 3.8) is 0 Å². The molecule has 2 atom stereocenters. The van der Waals surface area contributed by atoms with Gasteiger partial charge in [-0.1, -0.05) is 24.8 Å². The Balaban J connectivity index is 2.24. The molecule has 2 heterocycles. The Kier molecular flexibility index (Phi) is 5.24. The summed E-state index contributed by atoms with van der Waals surface area (Å²) in [5.74, 6) is 0. The molecular formula is C13H15BrN2S2. The van der Waals surface area contributed by atoms with Crippen molar-refractivity contribution in [3.8, 4) is 0 Å². The van der Waals surface area contributed by atoms with Crippen LogP contribution in [0.25, 0.3) is 0 Å². The number of hydrogen-bond acceptors (Lipinski definition) is 4. The number of thiophene rings is 1. The molecule has 2 rings (SSSR count). The highest BCUT2D eigenvalue weighted by molar-refractivity contribution is 9.10. The number of nitrogens with two attached hydrogens (primary N) is 1. The predicted octanol–water partition coefficient (Wildman–Crippen LogP) is 4.48. The maximum Gasteiger partial charge on any atom is 0.111 e. The highest BCUT2D eigenvalue weighted by Gasteiger charge is 2.22. The predicted molar refractivity (Wildman–Crippen MR) is 83.1 cm³/mol. The molecule has 18 heavy (non-hydrogen) atoms. The Morgan fingerprint density at radius 1 is 1.44 bits per heavy atom. The molecule has 2 nitrogen and oxygen atoms in total. The Hall–Kier alpha value is -0.360. The first-order valence-corrected chi connectivity index (χ1v) is 8.33. The highest BCUT2D eigenvalue weighted by Crippen LogP contribution is 2.41. The molecule has 5 heteroatoms. The summed E-state index contributed by atoms with van der Waals surface area (Å²) in [7, 11) is 0. The standard InChI is InChI=1S/C13H15BrN2S2/c1-2-10(15)12(11-6-4-8-17-11)18-13-9(14)5-3-7-16-13/h3-8,10,12H,2,15H2,1H3. The van der Waals surface area contributed by atoms with E-state index in [1.54, 1.807) is 23.1 Å². The van der Waals surface area contributed by atoms with E-state index >= 15 is 0 Å². The van der Waals surface area contributed by atoms with E-state index in [0.717, 1.165) is 15.9 Å². The molecule has 0 aliphatic carbocycles. The summed E-state index contributed by atoms with van der Waals surface area (Å²) in [5, 5.41) is 3.36. The van der Waals surface area contributed by atoms with Crippen LogP contribution in [0.5, 0.6) is 0 Å². The van der Waals surface area contributed by atoms with Crippen molar-refractivity contribution >= 4 is 39.0 Å². The Morgan fingerprint density at radius 3 is 2.89 bits per heavy atom. The minimum absolute atomic E-state index is 0.141. The summed E-state index contributed by atoms with van der Waals surface area (Å²) < 4.78 is 1.03. The molecule has 0 aliphatic rings. The molecule has 2 unspecified atom stereocenters. The van der Waals surface area contributed by atoms with Crippen LogP contribution in [0.3, 0.4) is 0 Å². The molecule has 0 bridgehead atoms. The third-order valence-corrected chi connectivity index (χ3v) is 6.06. The van der Waals surface area contributed by atoms with E-state index in [-0.39, 0.29) is 11.3 Å². The van der Waals surface area contributed by atoms with Crippen LogP contribution in [0.15, 0.2) is 45.3 Å². The second kappa shape index (κ2) is 6.70. The molecule has 0 spiro atoms. The first-order valence-electron chi connectivity index (χ1n) is 5.78. The number of hydrogen-bond donors (Lipinski definition) is 1. The van der Waals surface area contributed by atoms with E-state index in [1.165, 1.54) is 4.88 Å². The number of aromatic nitrogens is 1. The van der Waals surface area contributed by atoms with Gasteiger partial charge in [0.2, 0.25) is 0 Å². The highest BCUT2D eigenvalue weighted by atomic mass is 79.9. The molecular weight excluding hydrogens is 328 g/mol. The van der Waals surface area contributed by atoms with Crippen molar-refractivity contribution in [2.75, 3.05) is 0 Å². The zero-order valence-corrected chi connectivity index (χ0v) is 13.3. The summed E-state index contributed by atoms with van der Waals surface area (Å²) in [4.78, 5) is 5.72. The van der Waals surface area contributed by atoms with E-state index < -0.39 is 0 Å². The van der Waals surface area contributed by atoms with E-state index in [9.17, 15) is 0 Å². The minimum Gasteiger partial charge on any atom is -0.326 e. The third-order valence-electron chi connectivity index (χ3n) is 2.65. The van der Waals surface area contributed by atoms with Crippen molar-refractivity contribution in [3.05, 3.63) is 45.2 Å². The van der Waals surface area contributed by atoms with Gasteiger partial charge < -0.3 is 5.73 Å². The quantitative estimate of drug-likeness (QED) is 0.814. The van der Waals surface area contributed by atoms with Crippen LogP contribution in [-0.2, 0) is 0 Å². The summed E-state index contributed by atoms with van der Waals surface area (Å²) in [6, 6.07) is 8.30. The van der Waals surface area contributed by atoms with Crippen molar-refractivity contribution in [1.29, 1.82) is 0 Å². The minimum atomic E-state index is 0.141. The van der Waals surface area contributed by atoms with Gasteiger partial charge in [0.1, 0.15) is 5.03 Å². The van der Waals surface area contributed by atoms with Gasteiger partial charge >= 0.3 is 0 Å². The van der Waals surface area contributed by atoms with Gasteiger partial charge in [-0.3, -0.25) is 0 Å². The van der Waals surface area contributed by atoms with Crippen LogP contribution in [0.1, 0.15) is 23.5 Å². The molecule has 0 aliphatic heterocycles. The third kappa shape index (κ3) is 3.35. The van der Waals surface area contributed by atoms with Gasteiger partial charge in [0.05, 0.1) is 5.25 Å². The van der Waals surface area contributed by atoms with E-state index in [4.69, 9.17) is 5.73 Å². The summed E-state index contributed by atoms with van der Waals surface area (Å²) in [5.41, 5.74) is 6.25. The molecule has 0 amide bonds. The van der Waals surface area contributed by atoms with E-state index in [1.807, 2.05) is 18.3 Å². The average Bonchev–Trinajstić information content (AvgIpc) is 2.90. The first-order chi connectivity index (χ1) is 8.72. The lowest BCUT2D eigenvalue weighted by Gasteiger charge is -2.21. The molecule has 0 saturated carbocycles. The first kappa shape index (κ1) is 14.1. The lowest BCUT2D eigenvalue weighted by Crippen LogP contribution is -2.25. The molecule has 2 aromatic rings. The number of halogens is 1. The monoisotopic (exact) mass is 342 g/mol. The maximum absolute atomic E-state index is 6.25. The topological polar surface area (TPSA) is 38.9 Å². The lowest BCUT2D eigenvalue weighted by molar-refractivity contribution is 0.639. The molecule has 0 saturated heterocycles. The van der Waals surface area contributed by atoms with Gasteiger partial charge in [-0.05, 0) is 45.9 Å². The van der Waals surface area contributed by atoms with Gasteiger partial charge in [0.25, 0.3) is 0 Å².